The van der Waals surface area contributed by atoms with Crippen LogP contribution < -0.4 is 5.32 Å². The van der Waals surface area contributed by atoms with Crippen molar-refractivity contribution in [1.82, 2.24) is 4.90 Å². The molecule has 1 heterocycles. The number of nitrogens with one attached hydrogen (secondary N) is 1. The Labute approximate surface area is 140 Å². The van der Waals surface area contributed by atoms with Crippen molar-refractivity contribution in [3.8, 4) is 0 Å². The van der Waals surface area contributed by atoms with Crippen molar-refractivity contribution in [3.63, 3.8) is 0 Å². The van der Waals surface area contributed by atoms with Gasteiger partial charge in [-0.25, -0.2) is 0 Å². The Hall–Kier alpha value is -2.37. The number of carbonyl (C=O) groups is 3. The van der Waals surface area contributed by atoms with Gasteiger partial charge in [0.15, 0.2) is 0 Å². The first kappa shape index (κ1) is 16.5. The van der Waals surface area contributed by atoms with Crippen molar-refractivity contribution in [2.75, 3.05) is 18.4 Å². The number of hydrogen-bond acceptors (Lipinski definition) is 3. The lowest BCUT2D eigenvalue weighted by Gasteiger charge is -2.16. The summed E-state index contributed by atoms with van der Waals surface area (Å²) in [6.07, 6.45) is 0.931. The fraction of sp³-hybridized carbons (Fsp3) is 0.500. The molecule has 1 aromatic rings. The van der Waals surface area contributed by atoms with Gasteiger partial charge >= 0.3 is 5.97 Å². The number of nitrogens with zero attached hydrogens (tertiary/aromatic N) is 1. The van der Waals surface area contributed by atoms with Crippen molar-refractivity contribution in [2.24, 2.45) is 23.7 Å². The summed E-state index contributed by atoms with van der Waals surface area (Å²) < 4.78 is 0. The molecule has 0 aromatic heterocycles. The second kappa shape index (κ2) is 6.26. The molecule has 1 saturated heterocycles. The van der Waals surface area contributed by atoms with Gasteiger partial charge in [-0.1, -0.05) is 13.8 Å². The third-order valence-electron chi connectivity index (χ3n) is 5.06. The number of benzene rings is 1. The highest BCUT2D eigenvalue weighted by Crippen LogP contribution is 2.38. The van der Waals surface area contributed by atoms with Gasteiger partial charge in [-0.15, -0.1) is 0 Å². The zero-order chi connectivity index (χ0) is 17.4. The van der Waals surface area contributed by atoms with Gasteiger partial charge in [0.25, 0.3) is 5.91 Å². The number of rotatable bonds is 4. The summed E-state index contributed by atoms with van der Waals surface area (Å²) >= 11 is 0. The van der Waals surface area contributed by atoms with E-state index in [1.165, 1.54) is 0 Å². The topological polar surface area (TPSA) is 86.7 Å². The molecular weight excluding hydrogens is 308 g/mol. The van der Waals surface area contributed by atoms with Crippen LogP contribution in [-0.4, -0.2) is 40.9 Å². The average molecular weight is 330 g/mol. The summed E-state index contributed by atoms with van der Waals surface area (Å²) in [7, 11) is 0. The maximum atomic E-state index is 12.5. The molecule has 1 saturated carbocycles. The number of carbonyl (C=O) groups excluding carboxylic acids is 2. The maximum absolute atomic E-state index is 12.5. The van der Waals surface area contributed by atoms with Gasteiger partial charge in [0.2, 0.25) is 5.91 Å². The number of likely N-dealkylation sites (tertiary alicyclic amines) is 1. The van der Waals surface area contributed by atoms with Gasteiger partial charge in [0, 0.05) is 30.3 Å². The summed E-state index contributed by atoms with van der Waals surface area (Å²) in [5.41, 5.74) is 1.18. The molecule has 6 heteroatoms. The number of aliphatic carboxylic acids is 1. The van der Waals surface area contributed by atoms with Crippen molar-refractivity contribution in [2.45, 2.75) is 20.3 Å². The summed E-state index contributed by atoms with van der Waals surface area (Å²) in [5, 5.41) is 12.0. The Balaban J connectivity index is 1.62. The first-order chi connectivity index (χ1) is 11.4. The number of amides is 2. The molecule has 2 unspecified atom stereocenters. The van der Waals surface area contributed by atoms with Crippen LogP contribution in [0.5, 0.6) is 0 Å². The number of anilines is 1. The molecule has 1 aromatic carbocycles. The molecule has 0 spiro atoms. The van der Waals surface area contributed by atoms with Crippen LogP contribution in [0.15, 0.2) is 24.3 Å². The lowest BCUT2D eigenvalue weighted by Crippen LogP contribution is -2.29. The highest BCUT2D eigenvalue weighted by Gasteiger charge is 2.39. The number of carboxylic acids is 1. The predicted molar refractivity (Wildman–Crippen MR) is 88.5 cm³/mol. The first-order valence-electron chi connectivity index (χ1n) is 8.30. The second-order valence-electron chi connectivity index (χ2n) is 7.02. The fourth-order valence-corrected chi connectivity index (χ4v) is 3.26. The first-order valence-corrected chi connectivity index (χ1v) is 8.30. The van der Waals surface area contributed by atoms with Gasteiger partial charge < -0.3 is 15.3 Å². The molecule has 6 nitrogen and oxygen atoms in total. The zero-order valence-corrected chi connectivity index (χ0v) is 13.9. The van der Waals surface area contributed by atoms with Crippen LogP contribution in [0.2, 0.25) is 0 Å². The molecule has 3 rings (SSSR count). The summed E-state index contributed by atoms with van der Waals surface area (Å²) in [6, 6.07) is 6.78. The van der Waals surface area contributed by atoms with E-state index in [1.807, 2.05) is 13.8 Å². The van der Waals surface area contributed by atoms with E-state index in [9.17, 15) is 14.4 Å². The normalized spacial score (nSPS) is 28.5. The van der Waals surface area contributed by atoms with Crippen molar-refractivity contribution in [3.05, 3.63) is 29.8 Å². The standard InChI is InChI=1S/C18H22N2O4/c1-10-7-14(10)16(21)19-13-5-3-12(4-6-13)17(22)20-8-11(2)15(9-20)18(23)24/h3-6,10-11,14-15H,7-9H2,1-2H3,(H,19,21)(H,23,24)/t10?,11-,14?,15-/m1/s1. The molecule has 1 aliphatic carbocycles. The molecule has 1 aliphatic heterocycles. The Morgan fingerprint density at radius 2 is 1.67 bits per heavy atom. The minimum atomic E-state index is -0.856. The lowest BCUT2D eigenvalue weighted by molar-refractivity contribution is -0.142. The van der Waals surface area contributed by atoms with Crippen LogP contribution in [0.3, 0.4) is 0 Å². The molecule has 0 radical (unpaired) electrons. The van der Waals surface area contributed by atoms with E-state index in [0.29, 0.717) is 23.7 Å². The van der Waals surface area contributed by atoms with Gasteiger partial charge in [-0.2, -0.15) is 0 Å². The smallest absolute Gasteiger partial charge is 0.308 e. The Kier molecular flexibility index (Phi) is 4.30. The highest BCUT2D eigenvalue weighted by atomic mass is 16.4. The Morgan fingerprint density at radius 3 is 2.17 bits per heavy atom. The van der Waals surface area contributed by atoms with E-state index in [1.54, 1.807) is 29.2 Å². The Bertz CT molecular complexity index is 670. The maximum Gasteiger partial charge on any atom is 0.308 e. The van der Waals surface area contributed by atoms with Crippen LogP contribution in [0, 0.1) is 23.7 Å². The van der Waals surface area contributed by atoms with Gasteiger partial charge in [-0.3, -0.25) is 14.4 Å². The summed E-state index contributed by atoms with van der Waals surface area (Å²) in [6.45, 7) is 4.60. The summed E-state index contributed by atoms with van der Waals surface area (Å²) in [4.78, 5) is 37.2. The van der Waals surface area contributed by atoms with Crippen LogP contribution in [-0.2, 0) is 9.59 Å². The molecule has 2 N–H and O–H groups in total. The van der Waals surface area contributed by atoms with Crippen molar-refractivity contribution < 1.29 is 19.5 Å². The van der Waals surface area contributed by atoms with E-state index >= 15 is 0 Å². The molecule has 0 bridgehead atoms. The van der Waals surface area contributed by atoms with Crippen LogP contribution in [0.1, 0.15) is 30.6 Å². The number of carboxylic acid groups (broad SMARTS) is 1. The van der Waals surface area contributed by atoms with E-state index in [0.717, 1.165) is 6.42 Å². The SMILES string of the molecule is CC1CC1C(=O)Nc1ccc(C(=O)N2C[C@@H](C)[C@H](C(=O)O)C2)cc1. The predicted octanol–water partition coefficient (Wildman–Crippen LogP) is 2.07. The molecular formula is C18H22N2O4. The monoisotopic (exact) mass is 330 g/mol. The van der Waals surface area contributed by atoms with E-state index in [4.69, 9.17) is 5.11 Å². The van der Waals surface area contributed by atoms with E-state index in [2.05, 4.69) is 5.32 Å². The summed E-state index contributed by atoms with van der Waals surface area (Å²) in [5.74, 6) is -1.00. The lowest BCUT2D eigenvalue weighted by atomic mass is 9.99. The highest BCUT2D eigenvalue weighted by molar-refractivity contribution is 5.97. The van der Waals surface area contributed by atoms with Crippen molar-refractivity contribution >= 4 is 23.5 Å². The minimum Gasteiger partial charge on any atom is -0.481 e. The van der Waals surface area contributed by atoms with E-state index < -0.39 is 11.9 Å². The van der Waals surface area contributed by atoms with Gasteiger partial charge in [0.05, 0.1) is 5.92 Å². The molecule has 128 valence electrons. The van der Waals surface area contributed by atoms with Gasteiger partial charge in [-0.05, 0) is 42.5 Å². The molecule has 4 atom stereocenters. The van der Waals surface area contributed by atoms with E-state index in [-0.39, 0.29) is 30.2 Å². The molecule has 2 fully saturated rings. The van der Waals surface area contributed by atoms with Crippen LogP contribution >= 0.6 is 0 Å². The minimum absolute atomic E-state index is 0.0271. The molecule has 2 aliphatic rings. The molecule has 24 heavy (non-hydrogen) atoms. The average Bonchev–Trinajstić information content (AvgIpc) is 3.14. The van der Waals surface area contributed by atoms with Crippen LogP contribution in [0.4, 0.5) is 5.69 Å². The van der Waals surface area contributed by atoms with Crippen molar-refractivity contribution in [1.29, 1.82) is 0 Å². The second-order valence-corrected chi connectivity index (χ2v) is 7.02. The number of hydrogen-bond donors (Lipinski definition) is 2. The largest absolute Gasteiger partial charge is 0.481 e. The molecule has 2 amide bonds. The Morgan fingerprint density at radius 1 is 1.04 bits per heavy atom. The quantitative estimate of drug-likeness (QED) is 0.885. The fourth-order valence-electron chi connectivity index (χ4n) is 3.26. The third-order valence-corrected chi connectivity index (χ3v) is 5.06. The van der Waals surface area contributed by atoms with Gasteiger partial charge in [0.1, 0.15) is 0 Å². The van der Waals surface area contributed by atoms with Crippen LogP contribution in [0.25, 0.3) is 0 Å². The zero-order valence-electron chi connectivity index (χ0n) is 13.9. The third kappa shape index (κ3) is 3.27.